The Morgan fingerprint density at radius 3 is 2.67 bits per heavy atom. The third-order valence-corrected chi connectivity index (χ3v) is 7.18. The van der Waals surface area contributed by atoms with E-state index < -0.39 is 9.84 Å². The molecule has 1 aromatic carbocycles. The van der Waals surface area contributed by atoms with Gasteiger partial charge in [0, 0.05) is 19.6 Å². The molecule has 3 atom stereocenters. The summed E-state index contributed by atoms with van der Waals surface area (Å²) in [5, 5.41) is 2.89. The monoisotopic (exact) mass is 394 g/mol. The molecule has 0 spiro atoms. The second-order valence-electron chi connectivity index (χ2n) is 7.31. The highest BCUT2D eigenvalue weighted by Crippen LogP contribution is 2.40. The fourth-order valence-electron chi connectivity index (χ4n) is 3.64. The van der Waals surface area contributed by atoms with Gasteiger partial charge in [0.2, 0.25) is 11.8 Å². The molecule has 1 aliphatic carbocycles. The number of para-hydroxylation sites is 1. The van der Waals surface area contributed by atoms with Crippen LogP contribution in [-0.4, -0.2) is 63.4 Å². The smallest absolute Gasteiger partial charge is 0.226 e. The van der Waals surface area contributed by atoms with Crippen LogP contribution in [0.25, 0.3) is 0 Å². The van der Waals surface area contributed by atoms with Crippen molar-refractivity contribution >= 4 is 21.7 Å². The molecular formula is C19H26N2O5S. The first-order valence-corrected chi connectivity index (χ1v) is 11.0. The van der Waals surface area contributed by atoms with E-state index in [1.54, 1.807) is 14.2 Å². The Morgan fingerprint density at radius 1 is 1.26 bits per heavy atom. The lowest BCUT2D eigenvalue weighted by Crippen LogP contribution is -2.39. The molecule has 1 N–H and O–H groups in total. The standard InChI is InChI=1S/C19H26N2O5S/c1-21(14-8-10-27(24,25)12-14)19(23)16-11-15(16)18(22)20-9-7-13-5-3-4-6-17(13)26-2/h3-6,14-16H,7-12H2,1-2H3,(H,20,22). The van der Waals surface area contributed by atoms with E-state index in [0.29, 0.717) is 25.8 Å². The van der Waals surface area contributed by atoms with Crippen LogP contribution in [-0.2, 0) is 25.8 Å². The van der Waals surface area contributed by atoms with E-state index >= 15 is 0 Å². The molecule has 3 unspecified atom stereocenters. The Balaban J connectivity index is 1.45. The maximum absolute atomic E-state index is 12.5. The number of methoxy groups -OCH3 is 1. The van der Waals surface area contributed by atoms with Crippen LogP contribution >= 0.6 is 0 Å². The van der Waals surface area contributed by atoms with Gasteiger partial charge in [-0.25, -0.2) is 8.42 Å². The third-order valence-electron chi connectivity index (χ3n) is 5.43. The summed E-state index contributed by atoms with van der Waals surface area (Å²) in [5.74, 6) is 0.0714. The molecule has 2 fully saturated rings. The van der Waals surface area contributed by atoms with E-state index in [4.69, 9.17) is 4.74 Å². The van der Waals surface area contributed by atoms with Crippen LogP contribution in [0.15, 0.2) is 24.3 Å². The highest BCUT2D eigenvalue weighted by Gasteiger charge is 2.50. The van der Waals surface area contributed by atoms with Crippen molar-refractivity contribution in [2.75, 3.05) is 32.2 Å². The summed E-state index contributed by atoms with van der Waals surface area (Å²) >= 11 is 0. The Morgan fingerprint density at radius 2 is 2.00 bits per heavy atom. The maximum Gasteiger partial charge on any atom is 0.226 e. The first-order chi connectivity index (χ1) is 12.8. The minimum Gasteiger partial charge on any atom is -0.496 e. The first kappa shape index (κ1) is 19.7. The van der Waals surface area contributed by atoms with Gasteiger partial charge in [0.1, 0.15) is 5.75 Å². The Hall–Kier alpha value is -2.09. The fraction of sp³-hybridized carbons (Fsp3) is 0.579. The van der Waals surface area contributed by atoms with Gasteiger partial charge in [0.15, 0.2) is 9.84 Å². The van der Waals surface area contributed by atoms with E-state index in [1.807, 2.05) is 24.3 Å². The largest absolute Gasteiger partial charge is 0.496 e. The van der Waals surface area contributed by atoms with Crippen LogP contribution in [0.1, 0.15) is 18.4 Å². The number of rotatable bonds is 7. The van der Waals surface area contributed by atoms with Crippen molar-refractivity contribution in [3.05, 3.63) is 29.8 Å². The molecule has 8 heteroatoms. The van der Waals surface area contributed by atoms with Crippen LogP contribution in [0.4, 0.5) is 0 Å². The average molecular weight is 394 g/mol. The van der Waals surface area contributed by atoms with E-state index in [2.05, 4.69) is 5.32 Å². The van der Waals surface area contributed by atoms with Gasteiger partial charge in [-0.05, 0) is 30.9 Å². The lowest BCUT2D eigenvalue weighted by Gasteiger charge is -2.23. The summed E-state index contributed by atoms with van der Waals surface area (Å²) in [4.78, 5) is 26.4. The van der Waals surface area contributed by atoms with Gasteiger partial charge in [-0.1, -0.05) is 18.2 Å². The Kier molecular flexibility index (Phi) is 5.74. The second kappa shape index (κ2) is 7.88. The molecule has 2 aliphatic rings. The van der Waals surface area contributed by atoms with Crippen LogP contribution < -0.4 is 10.1 Å². The van der Waals surface area contributed by atoms with Crippen molar-refractivity contribution in [1.29, 1.82) is 0 Å². The number of hydrogen-bond donors (Lipinski definition) is 1. The molecule has 7 nitrogen and oxygen atoms in total. The number of hydrogen-bond acceptors (Lipinski definition) is 5. The topological polar surface area (TPSA) is 92.8 Å². The Labute approximate surface area is 160 Å². The number of carbonyl (C=O) groups is 2. The number of sulfone groups is 1. The number of benzene rings is 1. The Bertz CT molecular complexity index is 823. The van der Waals surface area contributed by atoms with Crippen molar-refractivity contribution < 1.29 is 22.7 Å². The highest BCUT2D eigenvalue weighted by molar-refractivity contribution is 7.91. The summed E-state index contributed by atoms with van der Waals surface area (Å²) in [5.41, 5.74) is 1.02. The minimum atomic E-state index is -3.04. The zero-order chi connectivity index (χ0) is 19.6. The van der Waals surface area contributed by atoms with E-state index in [9.17, 15) is 18.0 Å². The van der Waals surface area contributed by atoms with Gasteiger partial charge in [0.25, 0.3) is 0 Å². The summed E-state index contributed by atoms with van der Waals surface area (Å²) in [6, 6.07) is 7.39. The maximum atomic E-state index is 12.5. The van der Waals surface area contributed by atoms with Gasteiger partial charge < -0.3 is 15.0 Å². The molecule has 1 saturated heterocycles. The predicted molar refractivity (Wildman–Crippen MR) is 101 cm³/mol. The first-order valence-electron chi connectivity index (χ1n) is 9.19. The predicted octanol–water partition coefficient (Wildman–Crippen LogP) is 0.636. The van der Waals surface area contributed by atoms with Gasteiger partial charge in [-0.15, -0.1) is 0 Å². The minimum absolute atomic E-state index is 0.0255. The molecule has 1 aromatic rings. The van der Waals surface area contributed by atoms with Crippen LogP contribution in [0.5, 0.6) is 5.75 Å². The molecular weight excluding hydrogens is 368 g/mol. The molecule has 148 valence electrons. The van der Waals surface area contributed by atoms with Crippen molar-refractivity contribution in [3.63, 3.8) is 0 Å². The molecule has 27 heavy (non-hydrogen) atoms. The van der Waals surface area contributed by atoms with Crippen LogP contribution in [0.3, 0.4) is 0 Å². The fourth-order valence-corrected chi connectivity index (χ4v) is 5.42. The highest BCUT2D eigenvalue weighted by atomic mass is 32.2. The molecule has 1 heterocycles. The van der Waals surface area contributed by atoms with E-state index in [1.165, 1.54) is 4.90 Å². The second-order valence-corrected chi connectivity index (χ2v) is 9.54. The summed E-state index contributed by atoms with van der Waals surface area (Å²) in [7, 11) is 0.220. The molecule has 1 aliphatic heterocycles. The number of carbonyl (C=O) groups excluding carboxylic acids is 2. The van der Waals surface area contributed by atoms with Crippen molar-refractivity contribution in [1.82, 2.24) is 10.2 Å². The van der Waals surface area contributed by atoms with Gasteiger partial charge in [-0.3, -0.25) is 9.59 Å². The molecule has 0 aromatic heterocycles. The zero-order valence-corrected chi connectivity index (χ0v) is 16.5. The number of nitrogens with zero attached hydrogens (tertiary/aromatic N) is 1. The lowest BCUT2D eigenvalue weighted by atomic mass is 10.1. The third kappa shape index (κ3) is 4.61. The van der Waals surface area contributed by atoms with Crippen LogP contribution in [0.2, 0.25) is 0 Å². The van der Waals surface area contributed by atoms with Gasteiger partial charge >= 0.3 is 0 Å². The summed E-state index contributed by atoms with van der Waals surface area (Å²) < 4.78 is 28.5. The molecule has 1 saturated carbocycles. The normalized spacial score (nSPS) is 25.6. The van der Waals surface area contributed by atoms with E-state index in [-0.39, 0.29) is 41.2 Å². The number of amides is 2. The molecule has 0 radical (unpaired) electrons. The summed E-state index contributed by atoms with van der Waals surface area (Å²) in [6.45, 7) is 0.479. The lowest BCUT2D eigenvalue weighted by molar-refractivity contribution is -0.135. The average Bonchev–Trinajstić information content (AvgIpc) is 3.37. The SMILES string of the molecule is COc1ccccc1CCNC(=O)C1CC1C(=O)N(C)C1CCS(=O)(=O)C1. The quantitative estimate of drug-likeness (QED) is 0.732. The molecule has 3 rings (SSSR count). The number of nitrogens with one attached hydrogen (secondary N) is 1. The molecule has 2 amide bonds. The van der Waals surface area contributed by atoms with E-state index in [0.717, 1.165) is 11.3 Å². The number of ether oxygens (including phenoxy) is 1. The van der Waals surface area contributed by atoms with Crippen molar-refractivity contribution in [2.24, 2.45) is 11.8 Å². The van der Waals surface area contributed by atoms with Gasteiger partial charge in [-0.2, -0.15) is 0 Å². The zero-order valence-electron chi connectivity index (χ0n) is 15.7. The van der Waals surface area contributed by atoms with Crippen molar-refractivity contribution in [2.45, 2.75) is 25.3 Å². The van der Waals surface area contributed by atoms with Crippen LogP contribution in [0, 0.1) is 11.8 Å². The molecule has 0 bridgehead atoms. The van der Waals surface area contributed by atoms with Gasteiger partial charge in [0.05, 0.1) is 30.5 Å². The summed E-state index contributed by atoms with van der Waals surface area (Å²) in [6.07, 6.45) is 1.66. The van der Waals surface area contributed by atoms with Crippen molar-refractivity contribution in [3.8, 4) is 5.75 Å².